The van der Waals surface area contributed by atoms with Gasteiger partial charge in [0.25, 0.3) is 0 Å². The van der Waals surface area contributed by atoms with Crippen LogP contribution in [0.15, 0.2) is 171 Å². The van der Waals surface area contributed by atoms with Gasteiger partial charge in [-0.15, -0.1) is 0 Å². The number of aliphatic hydroxyl groups is 6. The molecular formula is C90H114N14O8. The number of aryl methyl sites for hydroxylation is 2. The normalized spacial score (nSPS) is 18.3. The van der Waals surface area contributed by atoms with Gasteiger partial charge in [0, 0.05) is 227 Å². The number of nitrogens with two attached hydrogens (primary N) is 2. The molecule has 10 N–H and O–H groups in total. The largest absolute Gasteiger partial charge is 0.492 e. The fourth-order valence-electron chi connectivity index (χ4n) is 16.8. The first-order chi connectivity index (χ1) is 53.5. The lowest BCUT2D eigenvalue weighted by atomic mass is 9.95. The molecule has 0 aliphatic carbocycles. The summed E-state index contributed by atoms with van der Waals surface area (Å²) >= 11 is 0. The van der Waals surface area contributed by atoms with Gasteiger partial charge in [0.05, 0.1) is 45.4 Å². The van der Waals surface area contributed by atoms with Crippen LogP contribution >= 0.6 is 0 Å². The van der Waals surface area contributed by atoms with Gasteiger partial charge in [-0.2, -0.15) is 0 Å². The molecule has 0 saturated heterocycles. The molecule has 6 unspecified atom stereocenters. The Kier molecular flexibility index (Phi) is 24.1. The van der Waals surface area contributed by atoms with Crippen LogP contribution in [-0.4, -0.2) is 181 Å². The standard InChI is InChI=1S/C24H32N4O2.C22H28N4O2.2C22H27N3O2/c1-23(2,25)16-30-18-7-8-21-19(12-18)20-14-27(4)11-9-22(20)28(21)15-24(3,29)17-6-5-10-26-13-17;1-22(27,16-4-3-9-24-13-16)15-26-20-6-5-17(28-11-8-23)12-18(20)19-14-25(2)10-7-21(19)26;1-15-6-7-18-17(11-15)21-19(8-10-24(3)20(21)13-26)25(18)14-22(2,27)16-5-4-9-23-12-16;1-15-6-7-20-18(9-15)19-12-24(3)17(13-26)10-21(19)25(20)14-22(2,27)16-5-4-8-23-11-16/h5-8,10,12-13,29H,9,11,14-16,25H2,1-4H3;3-6,9,12-13,27H,7-8,10-11,14-15,23H2,1-2H3;4-7,9,11-12,20,26-27H,8,10,13-14H2,1-3H3;4-9,11,17,26-27H,10,12-14H2,1-3H3. The zero-order valence-corrected chi connectivity index (χ0v) is 67.3. The van der Waals surface area contributed by atoms with Gasteiger partial charge in [-0.05, 0) is 185 Å². The van der Waals surface area contributed by atoms with Gasteiger partial charge in [0.1, 0.15) is 47.1 Å². The Balaban J connectivity index is 0.000000131. The Bertz CT molecular complexity index is 5220. The highest BCUT2D eigenvalue weighted by atomic mass is 16.5. The van der Waals surface area contributed by atoms with Crippen molar-refractivity contribution >= 4 is 43.6 Å². The minimum absolute atomic E-state index is 0.0114. The molecule has 0 radical (unpaired) electrons. The lowest BCUT2D eigenvalue weighted by Gasteiger charge is -2.33. The molecule has 0 bridgehead atoms. The summed E-state index contributed by atoms with van der Waals surface area (Å²) in [6, 6.07) is 40.6. The summed E-state index contributed by atoms with van der Waals surface area (Å²) in [4.78, 5) is 25.8. The maximum Gasteiger partial charge on any atom is 0.120 e. The van der Waals surface area contributed by atoms with E-state index >= 15 is 0 Å². The number of aliphatic hydroxyl groups excluding tert-OH is 2. The first-order valence-corrected chi connectivity index (χ1v) is 39.2. The molecule has 22 heteroatoms. The highest BCUT2D eigenvalue weighted by Gasteiger charge is 2.37. The second-order valence-corrected chi connectivity index (χ2v) is 33.2. The number of hydrogen-bond acceptors (Lipinski definition) is 18. The van der Waals surface area contributed by atoms with Crippen LogP contribution in [0, 0.1) is 13.8 Å². The predicted octanol–water partition coefficient (Wildman–Crippen LogP) is 10.7. The molecule has 16 rings (SSSR count). The van der Waals surface area contributed by atoms with E-state index in [9.17, 15) is 30.6 Å². The molecule has 8 aromatic heterocycles. The van der Waals surface area contributed by atoms with E-state index in [0.717, 1.165) is 121 Å². The monoisotopic (exact) mass is 1520 g/mol. The summed E-state index contributed by atoms with van der Waals surface area (Å²) < 4.78 is 20.8. The average Bonchev–Trinajstić information content (AvgIpc) is 1.69. The van der Waals surface area contributed by atoms with E-state index in [-0.39, 0.29) is 30.8 Å². The molecule has 4 aromatic carbocycles. The molecule has 0 saturated carbocycles. The number of likely N-dealkylation sites (N-methyl/N-ethyl adjacent to an activating group) is 4. The van der Waals surface area contributed by atoms with Crippen molar-refractivity contribution in [2.75, 3.05) is 80.8 Å². The van der Waals surface area contributed by atoms with Crippen molar-refractivity contribution in [2.24, 2.45) is 11.5 Å². The minimum Gasteiger partial charge on any atom is -0.492 e. The summed E-state index contributed by atoms with van der Waals surface area (Å²) in [5.41, 5.74) is 27.6. The summed E-state index contributed by atoms with van der Waals surface area (Å²) in [7, 11) is 8.42. The highest BCUT2D eigenvalue weighted by molar-refractivity contribution is 5.90. The van der Waals surface area contributed by atoms with E-state index < -0.39 is 22.4 Å². The van der Waals surface area contributed by atoms with E-state index in [2.05, 4.69) is 161 Å². The number of aromatic nitrogens is 8. The van der Waals surface area contributed by atoms with Crippen molar-refractivity contribution < 1.29 is 40.1 Å². The maximum absolute atomic E-state index is 11.3. The third-order valence-electron chi connectivity index (χ3n) is 23.1. The quantitative estimate of drug-likeness (QED) is 0.0352. The minimum atomic E-state index is -1.03. The van der Waals surface area contributed by atoms with Crippen LogP contribution in [0.3, 0.4) is 0 Å². The van der Waals surface area contributed by atoms with Crippen LogP contribution in [0.25, 0.3) is 43.6 Å². The van der Waals surface area contributed by atoms with Crippen molar-refractivity contribution in [1.82, 2.24) is 57.8 Å². The molecule has 4 aliphatic heterocycles. The van der Waals surface area contributed by atoms with Crippen molar-refractivity contribution in [3.8, 4) is 11.5 Å². The molecular weight excluding hydrogens is 1410 g/mol. The molecule has 592 valence electrons. The second kappa shape index (κ2) is 33.4. The Hall–Kier alpha value is -9.24. The number of ether oxygens (including phenoxy) is 2. The molecule has 22 nitrogen and oxygen atoms in total. The summed E-state index contributed by atoms with van der Waals surface area (Å²) in [5, 5.41) is 69.6. The lowest BCUT2D eigenvalue weighted by Crippen LogP contribution is -2.41. The van der Waals surface area contributed by atoms with Gasteiger partial charge in [-0.25, -0.2) is 0 Å². The third-order valence-corrected chi connectivity index (χ3v) is 23.1. The van der Waals surface area contributed by atoms with E-state index in [1.165, 1.54) is 77.7 Å². The Morgan fingerprint density at radius 3 is 1.24 bits per heavy atom. The van der Waals surface area contributed by atoms with Crippen molar-refractivity contribution in [2.45, 2.75) is 167 Å². The summed E-state index contributed by atoms with van der Waals surface area (Å²) in [6.45, 7) is 24.6. The van der Waals surface area contributed by atoms with Crippen LogP contribution < -0.4 is 20.9 Å². The Labute approximate surface area is 658 Å². The number of fused-ring (bicyclic) bond motifs is 12. The molecule has 0 fully saturated rings. The van der Waals surface area contributed by atoms with Gasteiger partial charge >= 0.3 is 0 Å². The van der Waals surface area contributed by atoms with Crippen LogP contribution in [0.4, 0.5) is 0 Å². The van der Waals surface area contributed by atoms with Gasteiger partial charge in [-0.3, -0.25) is 29.7 Å². The second-order valence-electron chi connectivity index (χ2n) is 33.2. The molecule has 6 atom stereocenters. The van der Waals surface area contributed by atoms with E-state index in [0.29, 0.717) is 45.9 Å². The first-order valence-electron chi connectivity index (χ1n) is 39.2. The van der Waals surface area contributed by atoms with Crippen molar-refractivity contribution in [3.63, 3.8) is 0 Å². The zero-order valence-electron chi connectivity index (χ0n) is 67.3. The van der Waals surface area contributed by atoms with Crippen LogP contribution in [0.2, 0.25) is 0 Å². The zero-order chi connectivity index (χ0) is 79.6. The van der Waals surface area contributed by atoms with E-state index in [1.807, 2.05) is 102 Å². The summed E-state index contributed by atoms with van der Waals surface area (Å²) in [5.74, 6) is 1.67. The molecule has 0 amide bonds. The van der Waals surface area contributed by atoms with Gasteiger partial charge in [0.2, 0.25) is 0 Å². The van der Waals surface area contributed by atoms with Gasteiger partial charge < -0.3 is 79.6 Å². The van der Waals surface area contributed by atoms with E-state index in [1.54, 1.807) is 49.6 Å². The van der Waals surface area contributed by atoms with Crippen molar-refractivity contribution in [3.05, 3.63) is 249 Å². The molecule has 112 heavy (non-hydrogen) atoms. The predicted molar refractivity (Wildman–Crippen MR) is 443 cm³/mol. The first kappa shape index (κ1) is 80.8. The number of pyridine rings is 4. The van der Waals surface area contributed by atoms with Crippen molar-refractivity contribution in [1.29, 1.82) is 0 Å². The lowest BCUT2D eigenvalue weighted by molar-refractivity contribution is 0.0370. The molecule has 12 aromatic rings. The number of rotatable bonds is 20. The van der Waals surface area contributed by atoms with Gasteiger partial charge in [-0.1, -0.05) is 47.5 Å². The topological polar surface area (TPSA) is 276 Å². The maximum atomic E-state index is 11.3. The molecule has 4 aliphatic rings. The van der Waals surface area contributed by atoms with E-state index in [4.69, 9.17) is 20.9 Å². The Morgan fingerprint density at radius 2 is 0.830 bits per heavy atom. The fourth-order valence-corrected chi connectivity index (χ4v) is 16.8. The third kappa shape index (κ3) is 17.4. The number of benzene rings is 4. The summed E-state index contributed by atoms with van der Waals surface area (Å²) in [6.07, 6.45) is 17.4. The highest BCUT2D eigenvalue weighted by Crippen LogP contribution is 2.42. The fraction of sp³-hybridized carbons (Fsp3) is 0.422. The molecule has 0 spiro atoms. The number of hydrogen-bond donors (Lipinski definition) is 8. The van der Waals surface area contributed by atoms with Gasteiger partial charge in [0.15, 0.2) is 0 Å². The smallest absolute Gasteiger partial charge is 0.120 e. The molecule has 12 heterocycles. The SMILES string of the molecule is CN1CCc2c(c3cc(OCC(C)(C)N)ccc3n2CC(C)(O)c2cccnc2)C1.CN1CCc2c(c3cc(OCCN)ccc3n2CC(C)(O)c2cccnc2)C1.Cc1ccc2c(c1)c1c(n2CC(C)(O)c2cccnc2)CC(CO)N(C)C1.Cc1ccc2c(c1)c1c(n2CC(C)(O)c2cccnc2)CCN(C)C1CO. The van der Waals surface area contributed by atoms with Crippen LogP contribution in [0.1, 0.15) is 126 Å². The van der Waals surface area contributed by atoms with Crippen LogP contribution in [-0.2, 0) is 93.9 Å². The Morgan fingerprint density at radius 1 is 0.446 bits per heavy atom. The number of nitrogens with zero attached hydrogens (tertiary/aromatic N) is 12. The van der Waals surface area contributed by atoms with Crippen LogP contribution in [0.5, 0.6) is 11.5 Å². The average molecular weight is 1520 g/mol.